The number of benzene rings is 2. The number of morpholine rings is 1. The molecule has 2 aromatic carbocycles. The van der Waals surface area contributed by atoms with E-state index in [4.69, 9.17) is 14.7 Å². The van der Waals surface area contributed by atoms with Crippen LogP contribution >= 0.6 is 11.8 Å². The second-order valence-corrected chi connectivity index (χ2v) is 9.61. The third-order valence-corrected chi connectivity index (χ3v) is 7.27. The summed E-state index contributed by atoms with van der Waals surface area (Å²) in [5.74, 6) is 0.962. The highest BCUT2D eigenvalue weighted by atomic mass is 32.2. The van der Waals surface area contributed by atoms with Gasteiger partial charge in [0.2, 0.25) is 5.91 Å². The number of anilines is 2. The van der Waals surface area contributed by atoms with E-state index in [-0.39, 0.29) is 11.7 Å². The van der Waals surface area contributed by atoms with Crippen LogP contribution in [0.3, 0.4) is 0 Å². The van der Waals surface area contributed by atoms with Gasteiger partial charge < -0.3 is 19.4 Å². The first-order valence-corrected chi connectivity index (χ1v) is 12.8. The van der Waals surface area contributed by atoms with Crippen molar-refractivity contribution in [3.05, 3.63) is 54.1 Å². The highest BCUT2D eigenvalue weighted by Gasteiger charge is 2.31. The summed E-state index contributed by atoms with van der Waals surface area (Å²) in [7, 11) is 0. The second-order valence-electron chi connectivity index (χ2n) is 8.65. The van der Waals surface area contributed by atoms with E-state index in [1.807, 2.05) is 29.2 Å². The molecule has 3 aromatic rings. The van der Waals surface area contributed by atoms with Crippen molar-refractivity contribution in [3.8, 4) is 0 Å². The first-order chi connectivity index (χ1) is 17.4. The molecule has 0 radical (unpaired) electrons. The van der Waals surface area contributed by atoms with Crippen molar-refractivity contribution >= 4 is 40.2 Å². The molecule has 0 spiro atoms. The number of aromatic nitrogens is 2. The summed E-state index contributed by atoms with van der Waals surface area (Å²) in [6.07, 6.45) is -4.38. The van der Waals surface area contributed by atoms with Crippen LogP contribution in [0.15, 0.2) is 53.6 Å². The van der Waals surface area contributed by atoms with Gasteiger partial charge in [0, 0.05) is 45.0 Å². The Hall–Kier alpha value is -3.05. The Kier molecular flexibility index (Phi) is 7.20. The van der Waals surface area contributed by atoms with Gasteiger partial charge in [-0.3, -0.25) is 4.79 Å². The Morgan fingerprint density at radius 3 is 2.28 bits per heavy atom. The average Bonchev–Trinajstić information content (AvgIpc) is 2.91. The molecule has 36 heavy (non-hydrogen) atoms. The first-order valence-electron chi connectivity index (χ1n) is 11.8. The minimum Gasteiger partial charge on any atom is -0.378 e. The van der Waals surface area contributed by atoms with Crippen molar-refractivity contribution in [1.29, 1.82) is 0 Å². The van der Waals surface area contributed by atoms with Crippen LogP contribution in [0, 0.1) is 0 Å². The normalized spacial score (nSPS) is 17.0. The van der Waals surface area contributed by atoms with Gasteiger partial charge in [-0.15, -0.1) is 0 Å². The zero-order valence-corrected chi connectivity index (χ0v) is 20.4. The molecule has 0 unspecified atom stereocenters. The number of piperazine rings is 1. The van der Waals surface area contributed by atoms with E-state index < -0.39 is 11.7 Å². The third kappa shape index (κ3) is 5.52. The highest BCUT2D eigenvalue weighted by molar-refractivity contribution is 8.00. The van der Waals surface area contributed by atoms with Gasteiger partial charge in [0.15, 0.2) is 5.82 Å². The molecule has 11 heteroatoms. The van der Waals surface area contributed by atoms with E-state index >= 15 is 0 Å². The zero-order valence-electron chi connectivity index (χ0n) is 19.6. The van der Waals surface area contributed by atoms with Crippen molar-refractivity contribution in [2.24, 2.45) is 0 Å². The van der Waals surface area contributed by atoms with E-state index in [0.29, 0.717) is 63.2 Å². The van der Waals surface area contributed by atoms with Crippen LogP contribution in [-0.4, -0.2) is 79.0 Å². The molecule has 1 amide bonds. The molecule has 1 aromatic heterocycles. The number of carbonyl (C=O) groups is 1. The molecule has 0 bridgehead atoms. The fourth-order valence-electron chi connectivity index (χ4n) is 4.37. The van der Waals surface area contributed by atoms with Gasteiger partial charge in [0.05, 0.1) is 35.6 Å². The average molecular weight is 518 g/mol. The number of alkyl halides is 3. The number of hydrogen-bond acceptors (Lipinski definition) is 7. The predicted octanol–water partition coefficient (Wildman–Crippen LogP) is 3.93. The van der Waals surface area contributed by atoms with E-state index in [1.54, 1.807) is 11.0 Å². The molecular formula is C25H26F3N5O2S. The molecule has 3 heterocycles. The number of rotatable bonds is 5. The van der Waals surface area contributed by atoms with Crippen LogP contribution in [-0.2, 0) is 15.7 Å². The summed E-state index contributed by atoms with van der Waals surface area (Å²) in [6.45, 7) is 4.53. The Morgan fingerprint density at radius 2 is 1.58 bits per heavy atom. The van der Waals surface area contributed by atoms with Crippen LogP contribution < -0.4 is 9.80 Å². The van der Waals surface area contributed by atoms with Gasteiger partial charge >= 0.3 is 6.18 Å². The molecule has 2 saturated heterocycles. The number of para-hydroxylation sites is 2. The summed E-state index contributed by atoms with van der Waals surface area (Å²) in [6, 6.07) is 13.0. The third-order valence-electron chi connectivity index (χ3n) is 6.34. The maximum atomic E-state index is 13.1. The number of nitrogens with zero attached hydrogens (tertiary/aromatic N) is 5. The molecule has 0 aliphatic carbocycles. The Morgan fingerprint density at radius 1 is 0.889 bits per heavy atom. The molecular weight excluding hydrogens is 491 g/mol. The van der Waals surface area contributed by atoms with Crippen molar-refractivity contribution in [2.45, 2.75) is 11.2 Å². The number of hydrogen-bond donors (Lipinski definition) is 0. The molecule has 0 N–H and O–H groups in total. The minimum absolute atomic E-state index is 0.0217. The lowest BCUT2D eigenvalue weighted by atomic mass is 10.1. The Balaban J connectivity index is 1.23. The molecule has 2 aliphatic heterocycles. The number of fused-ring (bicyclic) bond motifs is 1. The molecule has 2 fully saturated rings. The minimum atomic E-state index is -4.38. The smallest absolute Gasteiger partial charge is 0.378 e. The topological polar surface area (TPSA) is 61.8 Å². The molecule has 2 aliphatic rings. The SMILES string of the molecule is O=C(CSc1nc2ccccc2nc1N1CCOCC1)N1CCN(c2cccc(C(F)(F)F)c2)CC1. The standard InChI is InChI=1S/C25H26F3N5O2S/c26-25(27,28)18-4-3-5-19(16-18)31-8-10-32(11-9-31)22(34)17-36-24-23(33-12-14-35-15-13-33)29-20-6-1-2-7-21(20)30-24/h1-7,16H,8-15,17H2. The highest BCUT2D eigenvalue weighted by Crippen LogP contribution is 2.32. The van der Waals surface area contributed by atoms with Crippen molar-refractivity contribution in [3.63, 3.8) is 0 Å². The van der Waals surface area contributed by atoms with Crippen molar-refractivity contribution < 1.29 is 22.7 Å². The first kappa shape index (κ1) is 24.6. The van der Waals surface area contributed by atoms with Crippen molar-refractivity contribution in [1.82, 2.24) is 14.9 Å². The fraction of sp³-hybridized carbons (Fsp3) is 0.400. The van der Waals surface area contributed by atoms with Crippen LogP contribution in [0.25, 0.3) is 11.0 Å². The molecule has 0 saturated carbocycles. The summed E-state index contributed by atoms with van der Waals surface area (Å²) in [4.78, 5) is 28.4. The summed E-state index contributed by atoms with van der Waals surface area (Å²) >= 11 is 1.37. The summed E-state index contributed by atoms with van der Waals surface area (Å²) in [5.41, 5.74) is 1.44. The number of carbonyl (C=O) groups excluding carboxylic acids is 1. The van der Waals surface area contributed by atoms with Crippen molar-refractivity contribution in [2.75, 3.05) is 68.0 Å². The van der Waals surface area contributed by atoms with E-state index in [2.05, 4.69) is 4.90 Å². The Labute approximate surface area is 211 Å². The Bertz CT molecular complexity index is 1230. The monoisotopic (exact) mass is 517 g/mol. The number of amides is 1. The van der Waals surface area contributed by atoms with Gasteiger partial charge in [-0.2, -0.15) is 13.2 Å². The quantitative estimate of drug-likeness (QED) is 0.476. The van der Waals surface area contributed by atoms with Crippen LogP contribution in [0.5, 0.6) is 0 Å². The van der Waals surface area contributed by atoms with Gasteiger partial charge in [0.25, 0.3) is 0 Å². The second kappa shape index (κ2) is 10.5. The van der Waals surface area contributed by atoms with Crippen LogP contribution in [0.2, 0.25) is 0 Å². The lowest BCUT2D eigenvalue weighted by Gasteiger charge is -2.36. The fourth-order valence-corrected chi connectivity index (χ4v) is 5.28. The van der Waals surface area contributed by atoms with Gasteiger partial charge in [-0.1, -0.05) is 30.0 Å². The van der Waals surface area contributed by atoms with E-state index in [0.717, 1.165) is 22.9 Å². The predicted molar refractivity (Wildman–Crippen MR) is 134 cm³/mol. The van der Waals surface area contributed by atoms with Gasteiger partial charge in [-0.25, -0.2) is 9.97 Å². The molecule has 5 rings (SSSR count). The molecule has 190 valence electrons. The zero-order chi connectivity index (χ0) is 25.1. The molecule has 0 atom stereocenters. The lowest BCUT2D eigenvalue weighted by Crippen LogP contribution is -2.49. The maximum Gasteiger partial charge on any atom is 0.416 e. The molecule has 7 nitrogen and oxygen atoms in total. The summed E-state index contributed by atoms with van der Waals surface area (Å²) in [5, 5.41) is 0.714. The van der Waals surface area contributed by atoms with Gasteiger partial charge in [0.1, 0.15) is 5.03 Å². The summed E-state index contributed by atoms with van der Waals surface area (Å²) < 4.78 is 44.7. The van der Waals surface area contributed by atoms with E-state index in [1.165, 1.54) is 23.9 Å². The number of thioether (sulfide) groups is 1. The maximum absolute atomic E-state index is 13.1. The van der Waals surface area contributed by atoms with Crippen LogP contribution in [0.4, 0.5) is 24.7 Å². The number of ether oxygens (including phenoxy) is 1. The number of halogens is 3. The largest absolute Gasteiger partial charge is 0.416 e. The van der Waals surface area contributed by atoms with E-state index in [9.17, 15) is 18.0 Å². The lowest BCUT2D eigenvalue weighted by molar-refractivity contribution is -0.137. The van der Waals surface area contributed by atoms with Gasteiger partial charge in [-0.05, 0) is 30.3 Å². The van der Waals surface area contributed by atoms with Crippen LogP contribution in [0.1, 0.15) is 5.56 Å².